The highest BCUT2D eigenvalue weighted by atomic mass is 32.1. The summed E-state index contributed by atoms with van der Waals surface area (Å²) in [5.41, 5.74) is 0.791. The van der Waals surface area contributed by atoms with E-state index in [1.54, 1.807) is 25.6 Å². The Morgan fingerprint density at radius 3 is 2.43 bits per heavy atom. The van der Waals surface area contributed by atoms with Crippen molar-refractivity contribution < 1.29 is 14.6 Å². The molecule has 0 aliphatic heterocycles. The molecule has 1 unspecified atom stereocenters. The maximum atomic E-state index is 10.6. The van der Waals surface area contributed by atoms with Gasteiger partial charge in [0.05, 0.1) is 14.2 Å². The van der Waals surface area contributed by atoms with E-state index in [4.69, 9.17) is 9.47 Å². The first-order chi connectivity index (χ1) is 10.2. The van der Waals surface area contributed by atoms with E-state index in [0.29, 0.717) is 11.5 Å². The molecule has 0 bridgehead atoms. The zero-order valence-electron chi connectivity index (χ0n) is 11.9. The van der Waals surface area contributed by atoms with Crippen molar-refractivity contribution in [3.63, 3.8) is 0 Å². The van der Waals surface area contributed by atoms with Gasteiger partial charge in [0.15, 0.2) is 11.5 Å². The van der Waals surface area contributed by atoms with Gasteiger partial charge in [0.2, 0.25) is 0 Å². The molecule has 0 aliphatic rings. The number of methoxy groups -OCH3 is 2. The molecule has 21 heavy (non-hydrogen) atoms. The third-order valence-electron chi connectivity index (χ3n) is 3.44. The van der Waals surface area contributed by atoms with Crippen molar-refractivity contribution in [3.8, 4) is 11.5 Å². The standard InChI is InChI=1S/C17H16O3S/c1-19-13-8-7-12(9-14(13)20-2)17(18)16-10-11-5-3-4-6-15(11)21-16/h3-10,17-18H,1-2H3. The van der Waals surface area contributed by atoms with Gasteiger partial charge < -0.3 is 14.6 Å². The zero-order valence-corrected chi connectivity index (χ0v) is 12.7. The van der Waals surface area contributed by atoms with E-state index in [-0.39, 0.29) is 0 Å². The average molecular weight is 300 g/mol. The van der Waals surface area contributed by atoms with Crippen molar-refractivity contribution in [2.45, 2.75) is 6.10 Å². The second kappa shape index (κ2) is 5.76. The van der Waals surface area contributed by atoms with E-state index in [9.17, 15) is 5.11 Å². The highest BCUT2D eigenvalue weighted by molar-refractivity contribution is 7.19. The third kappa shape index (κ3) is 2.60. The molecule has 2 aromatic carbocycles. The van der Waals surface area contributed by atoms with E-state index in [2.05, 4.69) is 12.1 Å². The fourth-order valence-corrected chi connectivity index (χ4v) is 3.40. The number of thiophene rings is 1. The Balaban J connectivity index is 1.99. The monoisotopic (exact) mass is 300 g/mol. The molecule has 1 aromatic heterocycles. The molecule has 1 atom stereocenters. The predicted octanol–water partition coefficient (Wildman–Crippen LogP) is 4.00. The Kier molecular flexibility index (Phi) is 3.82. The fourth-order valence-electron chi connectivity index (χ4n) is 2.32. The van der Waals surface area contributed by atoms with Crippen LogP contribution in [0, 0.1) is 0 Å². The number of aliphatic hydroxyl groups excluding tert-OH is 1. The highest BCUT2D eigenvalue weighted by Gasteiger charge is 2.16. The highest BCUT2D eigenvalue weighted by Crippen LogP contribution is 2.36. The second-order valence-corrected chi connectivity index (χ2v) is 5.82. The topological polar surface area (TPSA) is 38.7 Å². The zero-order chi connectivity index (χ0) is 14.8. The summed E-state index contributed by atoms with van der Waals surface area (Å²) < 4.78 is 11.7. The first-order valence-corrected chi connectivity index (χ1v) is 7.43. The van der Waals surface area contributed by atoms with Gasteiger partial charge in [0, 0.05) is 9.58 Å². The number of hydrogen-bond donors (Lipinski definition) is 1. The summed E-state index contributed by atoms with van der Waals surface area (Å²) in [6, 6.07) is 15.6. The summed E-state index contributed by atoms with van der Waals surface area (Å²) in [6.07, 6.45) is -0.665. The molecule has 0 aliphatic carbocycles. The van der Waals surface area contributed by atoms with Gasteiger partial charge in [-0.05, 0) is 35.2 Å². The number of hydrogen-bond acceptors (Lipinski definition) is 4. The van der Waals surface area contributed by atoms with E-state index >= 15 is 0 Å². The molecule has 0 fully saturated rings. The largest absolute Gasteiger partial charge is 0.493 e. The number of ether oxygens (including phenoxy) is 2. The summed E-state index contributed by atoms with van der Waals surface area (Å²) in [4.78, 5) is 0.920. The van der Waals surface area contributed by atoms with Crippen LogP contribution in [0.25, 0.3) is 10.1 Å². The molecule has 0 amide bonds. The molecule has 1 heterocycles. The summed E-state index contributed by atoms with van der Waals surface area (Å²) in [5, 5.41) is 11.7. The van der Waals surface area contributed by atoms with Crippen LogP contribution in [0.15, 0.2) is 48.5 Å². The van der Waals surface area contributed by atoms with Crippen molar-refractivity contribution in [1.82, 2.24) is 0 Å². The van der Waals surface area contributed by atoms with Gasteiger partial charge in [-0.1, -0.05) is 24.3 Å². The Morgan fingerprint density at radius 2 is 1.71 bits per heavy atom. The first-order valence-electron chi connectivity index (χ1n) is 6.61. The van der Waals surface area contributed by atoms with Crippen LogP contribution < -0.4 is 9.47 Å². The molecular formula is C17H16O3S. The summed E-state index contributed by atoms with van der Waals surface area (Å²) in [7, 11) is 3.19. The van der Waals surface area contributed by atoms with Crippen molar-refractivity contribution >= 4 is 21.4 Å². The molecule has 4 heteroatoms. The Labute approximate surface area is 127 Å². The van der Waals surface area contributed by atoms with Crippen molar-refractivity contribution in [1.29, 1.82) is 0 Å². The summed E-state index contributed by atoms with van der Waals surface area (Å²) in [6.45, 7) is 0. The molecule has 0 radical (unpaired) electrons. The third-order valence-corrected chi connectivity index (χ3v) is 4.61. The number of benzene rings is 2. The minimum Gasteiger partial charge on any atom is -0.493 e. The maximum absolute atomic E-state index is 10.6. The molecule has 0 spiro atoms. The van der Waals surface area contributed by atoms with Crippen LogP contribution in [0.3, 0.4) is 0 Å². The Morgan fingerprint density at radius 1 is 0.952 bits per heavy atom. The number of aliphatic hydroxyl groups is 1. The summed E-state index contributed by atoms with van der Waals surface area (Å²) >= 11 is 1.60. The van der Waals surface area contributed by atoms with E-state index in [1.807, 2.05) is 36.4 Å². The second-order valence-electron chi connectivity index (χ2n) is 4.70. The van der Waals surface area contributed by atoms with Crippen LogP contribution >= 0.6 is 11.3 Å². The minimum absolute atomic E-state index is 0.621. The van der Waals surface area contributed by atoms with E-state index < -0.39 is 6.10 Å². The van der Waals surface area contributed by atoms with Crippen LogP contribution in [0.4, 0.5) is 0 Å². The minimum atomic E-state index is -0.665. The lowest BCUT2D eigenvalue weighted by Crippen LogP contribution is -1.99. The van der Waals surface area contributed by atoms with Crippen LogP contribution in [0.5, 0.6) is 11.5 Å². The lowest BCUT2D eigenvalue weighted by molar-refractivity contribution is 0.223. The molecule has 3 rings (SSSR count). The summed E-state index contributed by atoms with van der Waals surface area (Å²) in [5.74, 6) is 1.28. The van der Waals surface area contributed by atoms with Gasteiger partial charge in [-0.25, -0.2) is 0 Å². The van der Waals surface area contributed by atoms with E-state index in [1.165, 1.54) is 4.70 Å². The van der Waals surface area contributed by atoms with Gasteiger partial charge in [-0.3, -0.25) is 0 Å². The molecule has 0 saturated carbocycles. The van der Waals surface area contributed by atoms with Crippen molar-refractivity contribution in [2.24, 2.45) is 0 Å². The van der Waals surface area contributed by atoms with Gasteiger partial charge >= 0.3 is 0 Å². The van der Waals surface area contributed by atoms with Crippen molar-refractivity contribution in [2.75, 3.05) is 14.2 Å². The van der Waals surface area contributed by atoms with Crippen molar-refractivity contribution in [3.05, 3.63) is 59.0 Å². The van der Waals surface area contributed by atoms with E-state index in [0.717, 1.165) is 15.8 Å². The Hall–Kier alpha value is -2.04. The molecule has 3 aromatic rings. The number of rotatable bonds is 4. The maximum Gasteiger partial charge on any atom is 0.161 e. The smallest absolute Gasteiger partial charge is 0.161 e. The van der Waals surface area contributed by atoms with Crippen LogP contribution in [-0.2, 0) is 0 Å². The number of fused-ring (bicyclic) bond motifs is 1. The average Bonchev–Trinajstić information content (AvgIpc) is 2.97. The van der Waals surface area contributed by atoms with Gasteiger partial charge in [-0.15, -0.1) is 11.3 Å². The first kappa shape index (κ1) is 13.9. The predicted molar refractivity (Wildman–Crippen MR) is 85.4 cm³/mol. The molecule has 0 saturated heterocycles. The van der Waals surface area contributed by atoms with Crippen LogP contribution in [0.1, 0.15) is 16.5 Å². The molecule has 108 valence electrons. The van der Waals surface area contributed by atoms with Gasteiger partial charge in [0.25, 0.3) is 0 Å². The normalized spacial score (nSPS) is 12.3. The fraction of sp³-hybridized carbons (Fsp3) is 0.176. The molecule has 1 N–H and O–H groups in total. The lowest BCUT2D eigenvalue weighted by atomic mass is 10.1. The van der Waals surface area contributed by atoms with Crippen LogP contribution in [0.2, 0.25) is 0 Å². The van der Waals surface area contributed by atoms with Gasteiger partial charge in [0.1, 0.15) is 6.10 Å². The van der Waals surface area contributed by atoms with Crippen LogP contribution in [-0.4, -0.2) is 19.3 Å². The molecule has 3 nitrogen and oxygen atoms in total. The van der Waals surface area contributed by atoms with Gasteiger partial charge in [-0.2, -0.15) is 0 Å². The lowest BCUT2D eigenvalue weighted by Gasteiger charge is -2.13. The Bertz CT molecular complexity index is 731. The molecular weight excluding hydrogens is 284 g/mol. The quantitative estimate of drug-likeness (QED) is 0.791. The SMILES string of the molecule is COc1ccc(C(O)c2cc3ccccc3s2)cc1OC.